The summed E-state index contributed by atoms with van der Waals surface area (Å²) in [5, 5.41) is 7.13. The van der Waals surface area contributed by atoms with E-state index in [1.54, 1.807) is 12.1 Å². The molecule has 21 heavy (non-hydrogen) atoms. The van der Waals surface area contributed by atoms with Crippen LogP contribution in [0, 0.1) is 5.82 Å². The number of rotatable bonds is 4. The van der Waals surface area contributed by atoms with Gasteiger partial charge in [-0.25, -0.2) is 4.39 Å². The van der Waals surface area contributed by atoms with Gasteiger partial charge in [0.05, 0.1) is 12.2 Å². The van der Waals surface area contributed by atoms with E-state index in [2.05, 4.69) is 15.5 Å². The highest BCUT2D eigenvalue weighted by atomic mass is 35.5. The van der Waals surface area contributed by atoms with Crippen LogP contribution in [0.2, 0.25) is 5.02 Å². The Kier molecular flexibility index (Phi) is 3.83. The fraction of sp³-hybridized carbons (Fsp3) is 0.0667. The first-order valence-electron chi connectivity index (χ1n) is 6.29. The van der Waals surface area contributed by atoms with Crippen molar-refractivity contribution in [2.75, 3.05) is 5.32 Å². The third kappa shape index (κ3) is 3.20. The van der Waals surface area contributed by atoms with Crippen molar-refractivity contribution in [2.24, 2.45) is 0 Å². The van der Waals surface area contributed by atoms with E-state index in [-0.39, 0.29) is 6.54 Å². The van der Waals surface area contributed by atoms with E-state index in [0.29, 0.717) is 22.4 Å². The van der Waals surface area contributed by atoms with Crippen molar-refractivity contribution in [3.05, 3.63) is 65.3 Å². The van der Waals surface area contributed by atoms with Crippen LogP contribution in [-0.2, 0) is 6.54 Å². The number of hydrogen-bond acceptors (Lipinski definition) is 4. The summed E-state index contributed by atoms with van der Waals surface area (Å²) >= 11 is 5.70. The Morgan fingerprint density at radius 2 is 1.95 bits per heavy atom. The molecule has 0 unspecified atom stereocenters. The molecule has 0 aliphatic heterocycles. The lowest BCUT2D eigenvalue weighted by molar-refractivity contribution is 0.384. The first-order chi connectivity index (χ1) is 10.2. The first-order valence-corrected chi connectivity index (χ1v) is 6.67. The van der Waals surface area contributed by atoms with Crippen LogP contribution >= 0.6 is 11.6 Å². The minimum atomic E-state index is -0.426. The Balaban J connectivity index is 1.70. The highest BCUT2D eigenvalue weighted by molar-refractivity contribution is 6.30. The summed E-state index contributed by atoms with van der Waals surface area (Å²) in [6, 6.07) is 13.9. The minimum Gasteiger partial charge on any atom is -0.374 e. The highest BCUT2D eigenvalue weighted by Gasteiger charge is 2.09. The van der Waals surface area contributed by atoms with Crippen molar-refractivity contribution in [2.45, 2.75) is 6.54 Å². The van der Waals surface area contributed by atoms with Crippen LogP contribution in [0.3, 0.4) is 0 Å². The van der Waals surface area contributed by atoms with Crippen LogP contribution in [0.15, 0.2) is 53.1 Å². The van der Waals surface area contributed by atoms with E-state index < -0.39 is 5.82 Å². The maximum absolute atomic E-state index is 13.6. The normalized spacial score (nSPS) is 10.6. The van der Waals surface area contributed by atoms with Crippen molar-refractivity contribution in [1.82, 2.24) is 10.1 Å². The Bertz CT molecular complexity index is 746. The molecule has 3 rings (SSSR count). The molecule has 0 saturated carbocycles. The molecule has 1 N–H and O–H groups in total. The first kappa shape index (κ1) is 13.6. The summed E-state index contributed by atoms with van der Waals surface area (Å²) in [4.78, 5) is 4.25. The predicted molar refractivity (Wildman–Crippen MR) is 78.5 cm³/mol. The van der Waals surface area contributed by atoms with Crippen LogP contribution < -0.4 is 5.32 Å². The summed E-state index contributed by atoms with van der Waals surface area (Å²) < 4.78 is 18.7. The van der Waals surface area contributed by atoms with E-state index >= 15 is 0 Å². The standard InChI is InChI=1S/C15H11ClFN3O/c16-11-6-7-13(12(17)8-11)18-9-14-19-15(20-21-14)10-4-2-1-3-5-10/h1-8,18H,9H2. The van der Waals surface area contributed by atoms with Gasteiger partial charge in [-0.15, -0.1) is 0 Å². The maximum atomic E-state index is 13.6. The Labute approximate surface area is 125 Å². The summed E-state index contributed by atoms with van der Waals surface area (Å²) in [5.41, 5.74) is 1.20. The molecular formula is C15H11ClFN3O. The zero-order valence-corrected chi connectivity index (χ0v) is 11.6. The zero-order chi connectivity index (χ0) is 14.7. The zero-order valence-electron chi connectivity index (χ0n) is 10.9. The number of hydrogen-bond donors (Lipinski definition) is 1. The van der Waals surface area contributed by atoms with Crippen molar-refractivity contribution < 1.29 is 8.91 Å². The fourth-order valence-corrected chi connectivity index (χ4v) is 1.99. The van der Waals surface area contributed by atoms with Gasteiger partial charge in [-0.05, 0) is 18.2 Å². The molecule has 0 spiro atoms. The van der Waals surface area contributed by atoms with Gasteiger partial charge in [-0.3, -0.25) is 0 Å². The Morgan fingerprint density at radius 1 is 1.14 bits per heavy atom. The van der Waals surface area contributed by atoms with E-state index in [0.717, 1.165) is 5.56 Å². The largest absolute Gasteiger partial charge is 0.374 e. The topological polar surface area (TPSA) is 51.0 Å². The second-order valence-electron chi connectivity index (χ2n) is 4.36. The van der Waals surface area contributed by atoms with Crippen molar-refractivity contribution in [3.8, 4) is 11.4 Å². The Morgan fingerprint density at radius 3 is 2.71 bits per heavy atom. The number of nitrogens with zero attached hydrogens (tertiary/aromatic N) is 2. The van der Waals surface area contributed by atoms with E-state index in [4.69, 9.17) is 16.1 Å². The van der Waals surface area contributed by atoms with Gasteiger partial charge in [-0.1, -0.05) is 47.1 Å². The van der Waals surface area contributed by atoms with Crippen LogP contribution in [-0.4, -0.2) is 10.1 Å². The fourth-order valence-electron chi connectivity index (χ4n) is 1.83. The molecule has 0 aliphatic carbocycles. The smallest absolute Gasteiger partial charge is 0.246 e. The molecule has 3 aromatic rings. The molecule has 0 radical (unpaired) electrons. The Hall–Kier alpha value is -2.40. The molecule has 2 aromatic carbocycles. The molecule has 4 nitrogen and oxygen atoms in total. The van der Waals surface area contributed by atoms with Gasteiger partial charge in [0.1, 0.15) is 5.82 Å². The van der Waals surface area contributed by atoms with Crippen LogP contribution in [0.5, 0.6) is 0 Å². The molecule has 1 heterocycles. The van der Waals surface area contributed by atoms with E-state index in [9.17, 15) is 4.39 Å². The molecule has 0 bridgehead atoms. The summed E-state index contributed by atoms with van der Waals surface area (Å²) in [7, 11) is 0. The predicted octanol–water partition coefficient (Wildman–Crippen LogP) is 4.14. The van der Waals surface area contributed by atoms with Crippen molar-refractivity contribution >= 4 is 17.3 Å². The minimum absolute atomic E-state index is 0.235. The molecule has 106 valence electrons. The summed E-state index contributed by atoms with van der Waals surface area (Å²) in [6.07, 6.45) is 0. The highest BCUT2D eigenvalue weighted by Crippen LogP contribution is 2.20. The molecular weight excluding hydrogens is 293 g/mol. The van der Waals surface area contributed by atoms with Crippen molar-refractivity contribution in [1.29, 1.82) is 0 Å². The van der Waals surface area contributed by atoms with Gasteiger partial charge < -0.3 is 9.84 Å². The lowest BCUT2D eigenvalue weighted by atomic mass is 10.2. The summed E-state index contributed by atoms with van der Waals surface area (Å²) in [6.45, 7) is 0.235. The average Bonchev–Trinajstić information content (AvgIpc) is 2.96. The molecule has 1 aromatic heterocycles. The van der Waals surface area contributed by atoms with Gasteiger partial charge >= 0.3 is 0 Å². The third-order valence-corrected chi connectivity index (χ3v) is 3.10. The quantitative estimate of drug-likeness (QED) is 0.787. The maximum Gasteiger partial charge on any atom is 0.246 e. The van der Waals surface area contributed by atoms with Crippen LogP contribution in [0.4, 0.5) is 10.1 Å². The second-order valence-corrected chi connectivity index (χ2v) is 4.79. The SMILES string of the molecule is Fc1cc(Cl)ccc1NCc1nc(-c2ccccc2)no1. The third-order valence-electron chi connectivity index (χ3n) is 2.86. The van der Waals surface area contributed by atoms with Gasteiger partial charge in [0.25, 0.3) is 0 Å². The van der Waals surface area contributed by atoms with Gasteiger partial charge in [0.2, 0.25) is 11.7 Å². The average molecular weight is 304 g/mol. The number of nitrogens with one attached hydrogen (secondary N) is 1. The second kappa shape index (κ2) is 5.93. The molecule has 0 atom stereocenters. The van der Waals surface area contributed by atoms with Gasteiger partial charge in [0, 0.05) is 10.6 Å². The van der Waals surface area contributed by atoms with Crippen LogP contribution in [0.25, 0.3) is 11.4 Å². The van der Waals surface area contributed by atoms with Crippen molar-refractivity contribution in [3.63, 3.8) is 0 Å². The van der Waals surface area contributed by atoms with E-state index in [1.807, 2.05) is 30.3 Å². The van der Waals surface area contributed by atoms with Gasteiger partial charge in [0.15, 0.2) is 0 Å². The monoisotopic (exact) mass is 303 g/mol. The number of aromatic nitrogens is 2. The number of halogens is 2. The lowest BCUT2D eigenvalue weighted by Crippen LogP contribution is -2.01. The number of benzene rings is 2. The van der Waals surface area contributed by atoms with Crippen LogP contribution in [0.1, 0.15) is 5.89 Å². The number of anilines is 1. The van der Waals surface area contributed by atoms with E-state index in [1.165, 1.54) is 6.07 Å². The molecule has 0 fully saturated rings. The molecule has 0 amide bonds. The lowest BCUT2D eigenvalue weighted by Gasteiger charge is -2.04. The van der Waals surface area contributed by atoms with Gasteiger partial charge in [-0.2, -0.15) is 4.98 Å². The molecule has 0 aliphatic rings. The summed E-state index contributed by atoms with van der Waals surface area (Å²) in [5.74, 6) is 0.456. The molecule has 6 heteroatoms. The molecule has 0 saturated heterocycles.